The number of rotatable bonds is 4. The molecular weight excluding hydrogens is 282 g/mol. The summed E-state index contributed by atoms with van der Waals surface area (Å²) >= 11 is 5.37. The van der Waals surface area contributed by atoms with Gasteiger partial charge in [-0.25, -0.2) is 0 Å². The Morgan fingerprint density at radius 1 is 1.19 bits per heavy atom. The quantitative estimate of drug-likeness (QED) is 0.859. The highest BCUT2D eigenvalue weighted by Crippen LogP contribution is 2.34. The van der Waals surface area contributed by atoms with Crippen LogP contribution in [0.4, 0.5) is 0 Å². The molecule has 1 heterocycles. The minimum atomic E-state index is 0.214. The fourth-order valence-electron chi connectivity index (χ4n) is 1.55. The molecule has 1 rings (SSSR count). The molecule has 3 heteroatoms. The first-order chi connectivity index (χ1) is 7.21. The van der Waals surface area contributed by atoms with Crippen LogP contribution in [-0.4, -0.2) is 12.1 Å². The van der Waals surface area contributed by atoms with E-state index in [0.717, 1.165) is 13.0 Å². The molecule has 0 aliphatic heterocycles. The van der Waals surface area contributed by atoms with Gasteiger partial charge in [-0.3, -0.25) is 0 Å². The van der Waals surface area contributed by atoms with Crippen molar-refractivity contribution >= 4 is 27.3 Å². The zero-order valence-electron chi connectivity index (χ0n) is 10.9. The number of nitrogens with one attached hydrogen (secondary N) is 1. The largest absolute Gasteiger partial charge is 0.312 e. The minimum Gasteiger partial charge on any atom is -0.312 e. The molecule has 0 unspecified atom stereocenters. The van der Waals surface area contributed by atoms with Crippen molar-refractivity contribution in [2.75, 3.05) is 6.54 Å². The SMILES string of the molecule is CC(C)(C)NCCC(C)(C)c1ccc(Br)s1. The maximum Gasteiger partial charge on any atom is 0.0701 e. The van der Waals surface area contributed by atoms with Gasteiger partial charge < -0.3 is 5.32 Å². The van der Waals surface area contributed by atoms with Crippen molar-refractivity contribution in [2.24, 2.45) is 0 Å². The van der Waals surface area contributed by atoms with E-state index in [9.17, 15) is 0 Å². The van der Waals surface area contributed by atoms with Gasteiger partial charge in [0.1, 0.15) is 0 Å². The van der Waals surface area contributed by atoms with Crippen molar-refractivity contribution in [2.45, 2.75) is 52.0 Å². The maximum atomic E-state index is 3.55. The van der Waals surface area contributed by atoms with E-state index in [-0.39, 0.29) is 11.0 Å². The van der Waals surface area contributed by atoms with Gasteiger partial charge in [-0.1, -0.05) is 13.8 Å². The molecule has 0 fully saturated rings. The zero-order chi connectivity index (χ0) is 12.4. The third-order valence-electron chi connectivity index (χ3n) is 2.65. The Bertz CT molecular complexity index is 336. The Hall–Kier alpha value is 0.140. The van der Waals surface area contributed by atoms with Crippen LogP contribution >= 0.6 is 27.3 Å². The molecule has 0 radical (unpaired) electrons. The predicted molar refractivity (Wildman–Crippen MR) is 77.4 cm³/mol. The maximum absolute atomic E-state index is 3.55. The molecule has 0 amide bonds. The van der Waals surface area contributed by atoms with E-state index >= 15 is 0 Å². The molecule has 92 valence electrons. The molecule has 1 N–H and O–H groups in total. The van der Waals surface area contributed by atoms with Gasteiger partial charge in [-0.05, 0) is 61.8 Å². The van der Waals surface area contributed by atoms with E-state index < -0.39 is 0 Å². The van der Waals surface area contributed by atoms with Crippen LogP contribution in [0.3, 0.4) is 0 Å². The molecule has 1 nitrogen and oxygen atoms in total. The molecular formula is C13H22BrNS. The Labute approximate surface area is 112 Å². The first-order valence-electron chi connectivity index (χ1n) is 5.72. The van der Waals surface area contributed by atoms with Gasteiger partial charge in [0.05, 0.1) is 3.79 Å². The van der Waals surface area contributed by atoms with E-state index in [2.05, 4.69) is 68.0 Å². The zero-order valence-corrected chi connectivity index (χ0v) is 13.3. The third kappa shape index (κ3) is 4.56. The van der Waals surface area contributed by atoms with E-state index in [1.54, 1.807) is 0 Å². The summed E-state index contributed by atoms with van der Waals surface area (Å²) < 4.78 is 1.22. The molecule has 0 atom stereocenters. The molecule has 0 aliphatic rings. The lowest BCUT2D eigenvalue weighted by Crippen LogP contribution is -2.38. The molecule has 1 aromatic rings. The highest BCUT2D eigenvalue weighted by atomic mass is 79.9. The van der Waals surface area contributed by atoms with Crippen LogP contribution in [0, 0.1) is 0 Å². The summed E-state index contributed by atoms with van der Waals surface area (Å²) in [6.07, 6.45) is 1.16. The average Bonchev–Trinajstić information content (AvgIpc) is 2.49. The highest BCUT2D eigenvalue weighted by Gasteiger charge is 2.22. The predicted octanol–water partition coefficient (Wildman–Crippen LogP) is 4.57. The summed E-state index contributed by atoms with van der Waals surface area (Å²) in [4.78, 5) is 1.45. The van der Waals surface area contributed by atoms with Gasteiger partial charge >= 0.3 is 0 Å². The monoisotopic (exact) mass is 303 g/mol. The molecule has 0 spiro atoms. The number of hydrogen-bond acceptors (Lipinski definition) is 2. The summed E-state index contributed by atoms with van der Waals surface area (Å²) in [6, 6.07) is 4.37. The normalized spacial score (nSPS) is 13.1. The van der Waals surface area contributed by atoms with E-state index in [1.807, 2.05) is 11.3 Å². The summed E-state index contributed by atoms with van der Waals surface area (Å²) in [6.45, 7) is 12.3. The number of thiophene rings is 1. The number of halogens is 1. The lowest BCUT2D eigenvalue weighted by atomic mass is 9.87. The van der Waals surface area contributed by atoms with Gasteiger partial charge in [-0.2, -0.15) is 0 Å². The summed E-state index contributed by atoms with van der Waals surface area (Å²) in [5.74, 6) is 0. The van der Waals surface area contributed by atoms with Gasteiger partial charge in [-0.15, -0.1) is 11.3 Å². The van der Waals surface area contributed by atoms with Crippen LogP contribution in [0.2, 0.25) is 0 Å². The summed E-state index contributed by atoms with van der Waals surface area (Å²) in [7, 11) is 0. The van der Waals surface area contributed by atoms with Crippen molar-refractivity contribution in [3.8, 4) is 0 Å². The van der Waals surface area contributed by atoms with Gasteiger partial charge in [0.15, 0.2) is 0 Å². The first kappa shape index (κ1) is 14.2. The molecule has 16 heavy (non-hydrogen) atoms. The van der Waals surface area contributed by atoms with Crippen LogP contribution in [0.1, 0.15) is 45.9 Å². The molecule has 0 saturated carbocycles. The average molecular weight is 304 g/mol. The summed E-state index contributed by atoms with van der Waals surface area (Å²) in [5, 5.41) is 3.55. The van der Waals surface area contributed by atoms with Crippen molar-refractivity contribution in [3.63, 3.8) is 0 Å². The van der Waals surface area contributed by atoms with Crippen molar-refractivity contribution in [3.05, 3.63) is 20.8 Å². The third-order valence-corrected chi connectivity index (χ3v) is 4.64. The Morgan fingerprint density at radius 3 is 2.25 bits per heavy atom. The molecule has 0 aromatic carbocycles. The second kappa shape index (κ2) is 5.19. The standard InChI is InChI=1S/C13H22BrNS/c1-12(2,3)15-9-8-13(4,5)10-6-7-11(14)16-10/h6-7,15H,8-9H2,1-5H3. The minimum absolute atomic E-state index is 0.214. The molecule has 0 aliphatic carbocycles. The highest BCUT2D eigenvalue weighted by molar-refractivity contribution is 9.11. The first-order valence-corrected chi connectivity index (χ1v) is 7.32. The van der Waals surface area contributed by atoms with Crippen LogP contribution in [-0.2, 0) is 5.41 Å². The summed E-state index contributed by atoms with van der Waals surface area (Å²) in [5.41, 5.74) is 0.473. The van der Waals surface area contributed by atoms with Crippen molar-refractivity contribution < 1.29 is 0 Å². The van der Waals surface area contributed by atoms with E-state index in [0.29, 0.717) is 0 Å². The van der Waals surface area contributed by atoms with Crippen LogP contribution in [0.15, 0.2) is 15.9 Å². The second-order valence-electron chi connectivity index (χ2n) is 5.91. The van der Waals surface area contributed by atoms with Crippen LogP contribution in [0.5, 0.6) is 0 Å². The lowest BCUT2D eigenvalue weighted by molar-refractivity contribution is 0.382. The van der Waals surface area contributed by atoms with Gasteiger partial charge in [0, 0.05) is 15.8 Å². The Morgan fingerprint density at radius 2 is 1.81 bits per heavy atom. The molecule has 0 bridgehead atoms. The second-order valence-corrected chi connectivity index (χ2v) is 8.38. The topological polar surface area (TPSA) is 12.0 Å². The fourth-order valence-corrected chi connectivity index (χ4v) is 3.07. The van der Waals surface area contributed by atoms with Crippen LogP contribution in [0.25, 0.3) is 0 Å². The fraction of sp³-hybridized carbons (Fsp3) is 0.692. The van der Waals surface area contributed by atoms with Gasteiger partial charge in [0.25, 0.3) is 0 Å². The van der Waals surface area contributed by atoms with Crippen molar-refractivity contribution in [1.82, 2.24) is 5.32 Å². The van der Waals surface area contributed by atoms with Gasteiger partial charge in [0.2, 0.25) is 0 Å². The number of hydrogen-bond donors (Lipinski definition) is 1. The van der Waals surface area contributed by atoms with Crippen LogP contribution < -0.4 is 5.32 Å². The molecule has 1 aromatic heterocycles. The molecule has 0 saturated heterocycles. The van der Waals surface area contributed by atoms with E-state index in [4.69, 9.17) is 0 Å². The lowest BCUT2D eigenvalue weighted by Gasteiger charge is -2.27. The van der Waals surface area contributed by atoms with E-state index in [1.165, 1.54) is 8.66 Å². The Balaban J connectivity index is 2.52. The van der Waals surface area contributed by atoms with Crippen molar-refractivity contribution in [1.29, 1.82) is 0 Å². The Kier molecular flexibility index (Phi) is 4.61. The smallest absolute Gasteiger partial charge is 0.0701 e.